The maximum Gasteiger partial charge on any atom is 0.0330 e. The molecule has 0 bridgehead atoms. The van der Waals surface area contributed by atoms with E-state index in [0.29, 0.717) is 5.92 Å². The fourth-order valence-corrected chi connectivity index (χ4v) is 1.95. The van der Waals surface area contributed by atoms with Gasteiger partial charge in [-0.3, -0.25) is 0 Å². The Morgan fingerprint density at radius 2 is 1.82 bits per heavy atom. The average Bonchev–Trinajstić information content (AvgIpc) is 2.35. The fraction of sp³-hybridized carbons (Fsp3) is 0.467. The molecule has 0 aliphatic carbocycles. The van der Waals surface area contributed by atoms with E-state index in [9.17, 15) is 0 Å². The van der Waals surface area contributed by atoms with E-state index in [1.54, 1.807) is 6.20 Å². The van der Waals surface area contributed by atoms with Gasteiger partial charge in [-0.15, -0.1) is 0 Å². The summed E-state index contributed by atoms with van der Waals surface area (Å²) in [5, 5.41) is 0. The lowest BCUT2D eigenvalue weighted by Gasteiger charge is -2.29. The van der Waals surface area contributed by atoms with E-state index in [2.05, 4.69) is 37.8 Å². The van der Waals surface area contributed by atoms with Crippen molar-refractivity contribution in [2.24, 2.45) is 5.92 Å². The lowest BCUT2D eigenvalue weighted by Crippen LogP contribution is -2.30. The Hall–Kier alpha value is -1.28. The number of likely N-dealkylation sites (N-methyl/N-ethyl adjacent to an activating group) is 1. The monoisotopic (exact) mass is 232 g/mol. The van der Waals surface area contributed by atoms with Crippen molar-refractivity contribution in [3.63, 3.8) is 0 Å². The topological polar surface area (TPSA) is 6.48 Å². The number of nitrogens with zero attached hydrogens (tertiary/aromatic N) is 2. The minimum Gasteiger partial charge on any atom is -0.352 e. The van der Waals surface area contributed by atoms with Gasteiger partial charge in [0.05, 0.1) is 0 Å². The van der Waals surface area contributed by atoms with Crippen LogP contribution in [0.25, 0.3) is 0 Å². The van der Waals surface area contributed by atoms with Crippen LogP contribution in [-0.2, 0) is 0 Å². The van der Waals surface area contributed by atoms with Gasteiger partial charge in [-0.05, 0) is 51.2 Å². The van der Waals surface area contributed by atoms with Crippen molar-refractivity contribution in [2.45, 2.75) is 12.8 Å². The number of hydrogen-bond donors (Lipinski definition) is 0. The third-order valence-corrected chi connectivity index (χ3v) is 3.46. The summed E-state index contributed by atoms with van der Waals surface area (Å²) >= 11 is 0. The van der Waals surface area contributed by atoms with Crippen molar-refractivity contribution in [1.29, 1.82) is 0 Å². The van der Waals surface area contributed by atoms with Gasteiger partial charge in [0.1, 0.15) is 0 Å². The Morgan fingerprint density at radius 3 is 2.35 bits per heavy atom. The summed E-state index contributed by atoms with van der Waals surface area (Å²) in [5.41, 5.74) is 2.16. The number of piperidine rings is 1. The second-order valence-electron chi connectivity index (χ2n) is 4.77. The molecule has 0 amide bonds. The second-order valence-corrected chi connectivity index (χ2v) is 4.77. The predicted octanol–water partition coefficient (Wildman–Crippen LogP) is 3.03. The molecule has 0 N–H and O–H groups in total. The molecule has 0 aromatic carbocycles. The molecule has 17 heavy (non-hydrogen) atoms. The van der Waals surface area contributed by atoms with Crippen LogP contribution in [0.5, 0.6) is 0 Å². The summed E-state index contributed by atoms with van der Waals surface area (Å²) in [5.74, 6) is 0.629. The van der Waals surface area contributed by atoms with Crippen LogP contribution in [-0.4, -0.2) is 37.0 Å². The zero-order valence-corrected chi connectivity index (χ0v) is 11.2. The van der Waals surface area contributed by atoms with E-state index >= 15 is 0 Å². The van der Waals surface area contributed by atoms with Gasteiger partial charge in [-0.2, -0.15) is 0 Å². The molecule has 0 aromatic rings. The van der Waals surface area contributed by atoms with E-state index in [0.717, 1.165) is 5.70 Å². The molecule has 1 fully saturated rings. The highest BCUT2D eigenvalue weighted by Gasteiger charge is 2.17. The molecular formula is C15H24N2. The van der Waals surface area contributed by atoms with Crippen LogP contribution >= 0.6 is 0 Å². The predicted molar refractivity (Wildman–Crippen MR) is 75.6 cm³/mol. The van der Waals surface area contributed by atoms with Crippen molar-refractivity contribution in [3.8, 4) is 0 Å². The third-order valence-electron chi connectivity index (χ3n) is 3.46. The summed E-state index contributed by atoms with van der Waals surface area (Å²) < 4.78 is 0. The summed E-state index contributed by atoms with van der Waals surface area (Å²) in [6, 6.07) is 0. The summed E-state index contributed by atoms with van der Waals surface area (Å²) in [6.45, 7) is 14.2. The number of allylic oxidation sites excluding steroid dienone is 3. The molecule has 1 aliphatic heterocycles. The molecule has 1 aliphatic rings. The molecule has 0 atom stereocenters. The third kappa shape index (κ3) is 4.23. The Balaban J connectivity index is 2.46. The van der Waals surface area contributed by atoms with Gasteiger partial charge in [0.2, 0.25) is 0 Å². The van der Waals surface area contributed by atoms with E-state index in [1.807, 2.05) is 18.0 Å². The molecule has 1 rings (SSSR count). The van der Waals surface area contributed by atoms with Crippen molar-refractivity contribution < 1.29 is 0 Å². The molecule has 0 radical (unpaired) electrons. The molecule has 0 spiro atoms. The Bertz CT molecular complexity index is 320. The summed E-state index contributed by atoms with van der Waals surface area (Å²) in [4.78, 5) is 4.27. The van der Waals surface area contributed by atoms with E-state index in [4.69, 9.17) is 0 Å². The van der Waals surface area contributed by atoms with Gasteiger partial charge >= 0.3 is 0 Å². The molecule has 2 heteroatoms. The molecule has 2 nitrogen and oxygen atoms in total. The quantitative estimate of drug-likeness (QED) is 0.672. The standard InChI is InChI=1S/C15H24N2/c1-6-17(5)14(3)8-7-13(2)15-9-11-16(4)12-10-15/h6-8,15H,1-3,9-12H2,4-5H3/b8-7-. The zero-order chi connectivity index (χ0) is 12.8. The van der Waals surface area contributed by atoms with Crippen LogP contribution in [0.3, 0.4) is 0 Å². The van der Waals surface area contributed by atoms with Gasteiger partial charge in [0, 0.05) is 12.7 Å². The van der Waals surface area contributed by atoms with Crippen LogP contribution in [0.4, 0.5) is 0 Å². The van der Waals surface area contributed by atoms with Crippen LogP contribution in [0.15, 0.2) is 49.4 Å². The number of hydrogen-bond acceptors (Lipinski definition) is 2. The SMILES string of the molecule is C=CN(C)C(=C)/C=C\C(=C)C1CCN(C)CC1. The van der Waals surface area contributed by atoms with Crippen molar-refractivity contribution >= 4 is 0 Å². The minimum atomic E-state index is 0.629. The zero-order valence-electron chi connectivity index (χ0n) is 11.2. The molecule has 0 aromatic heterocycles. The van der Waals surface area contributed by atoms with Crippen LogP contribution in [0.2, 0.25) is 0 Å². The largest absolute Gasteiger partial charge is 0.352 e. The fourth-order valence-electron chi connectivity index (χ4n) is 1.95. The van der Waals surface area contributed by atoms with Crippen molar-refractivity contribution in [1.82, 2.24) is 9.80 Å². The smallest absolute Gasteiger partial charge is 0.0330 e. The lowest BCUT2D eigenvalue weighted by atomic mass is 9.90. The van der Waals surface area contributed by atoms with Gasteiger partial charge in [0.25, 0.3) is 0 Å². The first kappa shape index (κ1) is 13.8. The van der Waals surface area contributed by atoms with Crippen LogP contribution < -0.4 is 0 Å². The lowest BCUT2D eigenvalue weighted by molar-refractivity contribution is 0.240. The van der Waals surface area contributed by atoms with Crippen LogP contribution in [0.1, 0.15) is 12.8 Å². The summed E-state index contributed by atoms with van der Waals surface area (Å²) in [7, 11) is 4.12. The average molecular weight is 232 g/mol. The molecular weight excluding hydrogens is 208 g/mol. The highest BCUT2D eigenvalue weighted by atomic mass is 15.1. The Kier molecular flexibility index (Phi) is 5.23. The highest BCUT2D eigenvalue weighted by molar-refractivity contribution is 5.26. The van der Waals surface area contributed by atoms with E-state index in [-0.39, 0.29) is 0 Å². The highest BCUT2D eigenvalue weighted by Crippen LogP contribution is 2.23. The summed E-state index contributed by atoms with van der Waals surface area (Å²) in [6.07, 6.45) is 8.29. The Morgan fingerprint density at radius 1 is 1.24 bits per heavy atom. The molecule has 1 saturated heterocycles. The normalized spacial score (nSPS) is 18.2. The first-order valence-electron chi connectivity index (χ1n) is 6.14. The molecule has 1 heterocycles. The van der Waals surface area contributed by atoms with Gasteiger partial charge in [0.15, 0.2) is 0 Å². The first-order chi connectivity index (χ1) is 8.04. The molecule has 94 valence electrons. The van der Waals surface area contributed by atoms with E-state index < -0.39 is 0 Å². The molecule has 0 saturated carbocycles. The maximum absolute atomic E-state index is 4.17. The van der Waals surface area contributed by atoms with Gasteiger partial charge in [-0.1, -0.05) is 31.4 Å². The van der Waals surface area contributed by atoms with E-state index in [1.165, 1.54) is 31.5 Å². The second kappa shape index (κ2) is 6.45. The minimum absolute atomic E-state index is 0.629. The van der Waals surface area contributed by atoms with Crippen molar-refractivity contribution in [2.75, 3.05) is 27.2 Å². The van der Waals surface area contributed by atoms with Crippen molar-refractivity contribution in [3.05, 3.63) is 49.4 Å². The number of likely N-dealkylation sites (tertiary alicyclic amines) is 1. The van der Waals surface area contributed by atoms with Gasteiger partial charge in [-0.25, -0.2) is 0 Å². The van der Waals surface area contributed by atoms with Crippen LogP contribution in [0, 0.1) is 5.92 Å². The maximum atomic E-state index is 4.17. The molecule has 0 unspecified atom stereocenters. The first-order valence-corrected chi connectivity index (χ1v) is 6.14. The Labute approximate surface area is 106 Å². The number of rotatable bonds is 5. The van der Waals surface area contributed by atoms with Gasteiger partial charge < -0.3 is 9.80 Å².